The van der Waals surface area contributed by atoms with Crippen molar-refractivity contribution in [1.82, 2.24) is 0 Å². The zero-order valence-electron chi connectivity index (χ0n) is 10.3. The van der Waals surface area contributed by atoms with E-state index < -0.39 is 39.8 Å². The normalized spacial score (nSPS) is 11.5. The van der Waals surface area contributed by atoms with Gasteiger partial charge in [0, 0.05) is 6.07 Å². The molecule has 10 heteroatoms. The number of nitrogens with one attached hydrogen (secondary N) is 1. The number of nitro groups is 2. The summed E-state index contributed by atoms with van der Waals surface area (Å²) in [5.74, 6) is -0.819. The lowest BCUT2D eigenvalue weighted by atomic mass is 10.2. The number of esters is 1. The van der Waals surface area contributed by atoms with Gasteiger partial charge in [0.2, 0.25) is 0 Å². The quantitative estimate of drug-likeness (QED) is 0.435. The number of hydrogen-bond acceptors (Lipinski definition) is 8. The molecule has 0 amide bonds. The lowest BCUT2D eigenvalue weighted by Gasteiger charge is -2.14. The van der Waals surface area contributed by atoms with E-state index >= 15 is 0 Å². The monoisotopic (exact) mass is 285 g/mol. The molecule has 0 fully saturated rings. The minimum absolute atomic E-state index is 0.134. The fourth-order valence-corrected chi connectivity index (χ4v) is 1.42. The van der Waals surface area contributed by atoms with Crippen molar-refractivity contribution in [2.75, 3.05) is 19.0 Å². The lowest BCUT2D eigenvalue weighted by molar-refractivity contribution is -0.393. The third-order valence-electron chi connectivity index (χ3n) is 2.39. The van der Waals surface area contributed by atoms with E-state index in [0.29, 0.717) is 0 Å². The second-order valence-electron chi connectivity index (χ2n) is 3.62. The zero-order valence-corrected chi connectivity index (χ0v) is 10.3. The van der Waals surface area contributed by atoms with Crippen molar-refractivity contribution >= 4 is 23.0 Å². The van der Waals surface area contributed by atoms with Crippen LogP contribution in [-0.4, -0.2) is 40.7 Å². The molecule has 1 rings (SSSR count). The fraction of sp³-hybridized carbons (Fsp3) is 0.300. The van der Waals surface area contributed by atoms with Crippen LogP contribution in [0.4, 0.5) is 17.1 Å². The number of methoxy groups -OCH3 is 1. The van der Waals surface area contributed by atoms with Gasteiger partial charge in [-0.2, -0.15) is 0 Å². The third kappa shape index (κ3) is 3.38. The number of anilines is 1. The van der Waals surface area contributed by atoms with Crippen LogP contribution in [0.2, 0.25) is 0 Å². The number of carbonyl (C=O) groups is 1. The molecule has 1 aromatic carbocycles. The van der Waals surface area contributed by atoms with Gasteiger partial charge in [0.15, 0.2) is 0 Å². The van der Waals surface area contributed by atoms with Crippen molar-refractivity contribution in [3.8, 4) is 0 Å². The van der Waals surface area contributed by atoms with Crippen LogP contribution in [0.3, 0.4) is 0 Å². The van der Waals surface area contributed by atoms with Crippen LogP contribution in [0.15, 0.2) is 18.2 Å². The van der Waals surface area contributed by atoms with Crippen molar-refractivity contribution in [3.63, 3.8) is 0 Å². The first-order valence-corrected chi connectivity index (χ1v) is 5.28. The van der Waals surface area contributed by atoms with Crippen LogP contribution in [-0.2, 0) is 9.53 Å². The van der Waals surface area contributed by atoms with Crippen molar-refractivity contribution in [2.45, 2.75) is 6.04 Å². The molecule has 0 saturated heterocycles. The molecule has 1 atom stereocenters. The van der Waals surface area contributed by atoms with Gasteiger partial charge in [-0.15, -0.1) is 0 Å². The van der Waals surface area contributed by atoms with Crippen LogP contribution in [0.25, 0.3) is 0 Å². The smallest absolute Gasteiger partial charge is 0.330 e. The third-order valence-corrected chi connectivity index (χ3v) is 2.39. The number of carbonyl (C=O) groups excluding carboxylic acids is 1. The molecule has 20 heavy (non-hydrogen) atoms. The Labute approximate surface area is 112 Å². The summed E-state index contributed by atoms with van der Waals surface area (Å²) in [5.41, 5.74) is -1.17. The molecular formula is C10H11N3O7. The second kappa shape index (κ2) is 6.43. The zero-order chi connectivity index (χ0) is 15.3. The topological polar surface area (TPSA) is 145 Å². The predicted molar refractivity (Wildman–Crippen MR) is 66.3 cm³/mol. The highest BCUT2D eigenvalue weighted by atomic mass is 16.6. The molecule has 0 radical (unpaired) electrons. The SMILES string of the molecule is COC(=O)C(CO)Nc1ccc([N+](=O)[O-])cc1[N+](=O)[O-]. The number of nitrogens with zero attached hydrogens (tertiary/aromatic N) is 2. The molecule has 0 spiro atoms. The molecule has 0 bridgehead atoms. The maximum atomic E-state index is 11.3. The molecular weight excluding hydrogens is 274 g/mol. The van der Waals surface area contributed by atoms with Crippen LogP contribution >= 0.6 is 0 Å². The van der Waals surface area contributed by atoms with E-state index in [1.54, 1.807) is 0 Å². The van der Waals surface area contributed by atoms with E-state index in [9.17, 15) is 25.0 Å². The van der Waals surface area contributed by atoms with Crippen molar-refractivity contribution in [3.05, 3.63) is 38.4 Å². The first kappa shape index (κ1) is 15.3. The minimum Gasteiger partial charge on any atom is -0.467 e. The van der Waals surface area contributed by atoms with Crippen molar-refractivity contribution in [2.24, 2.45) is 0 Å². The number of benzene rings is 1. The maximum absolute atomic E-state index is 11.3. The van der Waals surface area contributed by atoms with E-state index in [1.807, 2.05) is 0 Å². The summed E-state index contributed by atoms with van der Waals surface area (Å²) in [6, 6.07) is 1.68. The van der Waals surface area contributed by atoms with Crippen LogP contribution < -0.4 is 5.32 Å². The van der Waals surface area contributed by atoms with E-state index in [2.05, 4.69) is 10.1 Å². The van der Waals surface area contributed by atoms with Crippen molar-refractivity contribution in [1.29, 1.82) is 0 Å². The Bertz CT molecular complexity index is 546. The van der Waals surface area contributed by atoms with E-state index in [0.717, 1.165) is 25.3 Å². The van der Waals surface area contributed by atoms with Gasteiger partial charge < -0.3 is 15.2 Å². The molecule has 108 valence electrons. The molecule has 2 N–H and O–H groups in total. The number of ether oxygens (including phenoxy) is 1. The van der Waals surface area contributed by atoms with Gasteiger partial charge in [0.1, 0.15) is 11.7 Å². The number of aliphatic hydroxyl groups excluding tert-OH is 1. The Kier molecular flexibility index (Phi) is 4.92. The standard InChI is InChI=1S/C10H11N3O7/c1-20-10(15)8(5-14)11-7-3-2-6(12(16)17)4-9(7)13(18)19/h2-4,8,11,14H,5H2,1H3. The Balaban J connectivity index is 3.14. The fourth-order valence-electron chi connectivity index (χ4n) is 1.42. The van der Waals surface area contributed by atoms with E-state index in [4.69, 9.17) is 5.11 Å². The predicted octanol–water partition coefficient (Wildman–Crippen LogP) is 0.449. The van der Waals surface area contributed by atoms with Crippen LogP contribution in [0.5, 0.6) is 0 Å². The molecule has 0 aliphatic heterocycles. The van der Waals surface area contributed by atoms with Gasteiger partial charge in [-0.3, -0.25) is 20.2 Å². The van der Waals surface area contributed by atoms with Crippen LogP contribution in [0.1, 0.15) is 0 Å². The summed E-state index contributed by atoms with van der Waals surface area (Å²) in [7, 11) is 1.09. The summed E-state index contributed by atoms with van der Waals surface area (Å²) in [6.45, 7) is -0.652. The Morgan fingerprint density at radius 1 is 1.40 bits per heavy atom. The first-order valence-electron chi connectivity index (χ1n) is 5.28. The minimum atomic E-state index is -1.21. The lowest BCUT2D eigenvalue weighted by Crippen LogP contribution is -2.34. The summed E-state index contributed by atoms with van der Waals surface area (Å²) >= 11 is 0. The molecule has 0 saturated carbocycles. The number of hydrogen-bond donors (Lipinski definition) is 2. The molecule has 0 aromatic heterocycles. The maximum Gasteiger partial charge on any atom is 0.330 e. The Morgan fingerprint density at radius 2 is 2.05 bits per heavy atom. The van der Waals surface area contributed by atoms with E-state index in [1.165, 1.54) is 0 Å². The molecule has 1 unspecified atom stereocenters. The second-order valence-corrected chi connectivity index (χ2v) is 3.62. The Morgan fingerprint density at radius 3 is 2.50 bits per heavy atom. The largest absolute Gasteiger partial charge is 0.467 e. The summed E-state index contributed by atoms with van der Waals surface area (Å²) < 4.78 is 4.40. The van der Waals surface area contributed by atoms with Gasteiger partial charge in [0.05, 0.1) is 29.6 Å². The average molecular weight is 285 g/mol. The van der Waals surface area contributed by atoms with Gasteiger partial charge >= 0.3 is 5.97 Å². The van der Waals surface area contributed by atoms with Crippen molar-refractivity contribution < 1.29 is 24.5 Å². The number of aliphatic hydroxyl groups is 1. The number of nitro benzene ring substituents is 2. The van der Waals surface area contributed by atoms with Gasteiger partial charge in [-0.1, -0.05) is 0 Å². The van der Waals surface area contributed by atoms with Gasteiger partial charge in [0.25, 0.3) is 11.4 Å². The summed E-state index contributed by atoms with van der Waals surface area (Å²) in [5, 5.41) is 32.9. The number of rotatable bonds is 6. The molecule has 1 aromatic rings. The summed E-state index contributed by atoms with van der Waals surface area (Å²) in [4.78, 5) is 31.1. The van der Waals surface area contributed by atoms with Gasteiger partial charge in [-0.25, -0.2) is 4.79 Å². The van der Waals surface area contributed by atoms with Crippen LogP contribution in [0, 0.1) is 20.2 Å². The molecule has 10 nitrogen and oxygen atoms in total. The first-order chi connectivity index (χ1) is 9.40. The molecule has 0 aliphatic rings. The molecule has 0 heterocycles. The summed E-state index contributed by atoms with van der Waals surface area (Å²) in [6.07, 6.45) is 0. The molecule has 0 aliphatic carbocycles. The highest BCUT2D eigenvalue weighted by Gasteiger charge is 2.24. The highest BCUT2D eigenvalue weighted by molar-refractivity contribution is 5.81. The highest BCUT2D eigenvalue weighted by Crippen LogP contribution is 2.29. The Hall–Kier alpha value is -2.75. The average Bonchev–Trinajstić information content (AvgIpc) is 2.43. The van der Waals surface area contributed by atoms with Gasteiger partial charge in [-0.05, 0) is 6.07 Å². The van der Waals surface area contributed by atoms with E-state index in [-0.39, 0.29) is 5.69 Å². The number of non-ortho nitro benzene ring substituents is 1.